The standard InChI is InChI=1S/C24H28N6O3/c1-15-21(8-7-19(26-15)22(31)25-2)29-11-9-28(10-12-29)14-16-3-6-18-20(13-16)27-24(33)30(23(18)32)17-4-5-17/h3,6-8,13,17H,4-5,9-12,14H2,1-2H3,(H,25,31)(H,27,33). The summed E-state index contributed by atoms with van der Waals surface area (Å²) in [6, 6.07) is 9.53. The van der Waals surface area contributed by atoms with Crippen molar-refractivity contribution < 1.29 is 4.79 Å². The highest BCUT2D eigenvalue weighted by Gasteiger charge is 2.27. The zero-order valence-electron chi connectivity index (χ0n) is 18.9. The van der Waals surface area contributed by atoms with E-state index in [1.807, 2.05) is 31.2 Å². The number of benzene rings is 1. The molecule has 0 radical (unpaired) electrons. The van der Waals surface area contributed by atoms with Crippen LogP contribution < -0.4 is 21.5 Å². The molecule has 9 nitrogen and oxygen atoms in total. The third-order valence-electron chi connectivity index (χ3n) is 6.54. The van der Waals surface area contributed by atoms with Crippen molar-refractivity contribution in [3.05, 3.63) is 68.1 Å². The SMILES string of the molecule is CNC(=O)c1ccc(N2CCN(Cc3ccc4c(=O)n(C5CC5)c(=O)[nH]c4c3)CC2)c(C)n1. The number of piperazine rings is 1. The van der Waals surface area contributed by atoms with Gasteiger partial charge in [0.05, 0.1) is 22.3 Å². The quantitative estimate of drug-likeness (QED) is 0.612. The minimum atomic E-state index is -0.313. The van der Waals surface area contributed by atoms with Crippen LogP contribution in [0.1, 0.15) is 40.6 Å². The average Bonchev–Trinajstić information content (AvgIpc) is 3.64. The molecule has 2 aliphatic rings. The molecule has 172 valence electrons. The predicted octanol–water partition coefficient (Wildman–Crippen LogP) is 1.41. The molecule has 1 aliphatic heterocycles. The molecule has 5 rings (SSSR count). The number of aromatic amines is 1. The Labute approximate surface area is 191 Å². The largest absolute Gasteiger partial charge is 0.368 e. The minimum absolute atomic E-state index is 0.0560. The molecule has 2 N–H and O–H groups in total. The zero-order valence-corrected chi connectivity index (χ0v) is 18.9. The summed E-state index contributed by atoms with van der Waals surface area (Å²) in [7, 11) is 1.60. The molecule has 1 amide bonds. The van der Waals surface area contributed by atoms with Gasteiger partial charge in [-0.2, -0.15) is 0 Å². The summed E-state index contributed by atoms with van der Waals surface area (Å²) in [5, 5.41) is 3.17. The maximum absolute atomic E-state index is 12.7. The number of nitrogens with one attached hydrogen (secondary N) is 2. The van der Waals surface area contributed by atoms with Gasteiger partial charge in [-0.25, -0.2) is 9.78 Å². The van der Waals surface area contributed by atoms with Crippen molar-refractivity contribution in [2.45, 2.75) is 32.4 Å². The van der Waals surface area contributed by atoms with Gasteiger partial charge in [-0.3, -0.25) is 19.1 Å². The van der Waals surface area contributed by atoms with E-state index in [-0.39, 0.29) is 23.2 Å². The maximum Gasteiger partial charge on any atom is 0.329 e. The van der Waals surface area contributed by atoms with E-state index in [2.05, 4.69) is 25.1 Å². The van der Waals surface area contributed by atoms with Crippen LogP contribution >= 0.6 is 0 Å². The molecule has 3 aromatic rings. The fraction of sp³-hybridized carbons (Fsp3) is 0.417. The molecule has 0 unspecified atom stereocenters. The Kier molecular flexibility index (Phi) is 5.49. The third-order valence-corrected chi connectivity index (χ3v) is 6.54. The first-order chi connectivity index (χ1) is 15.9. The Bertz CT molecular complexity index is 1330. The van der Waals surface area contributed by atoms with E-state index in [1.54, 1.807) is 13.1 Å². The van der Waals surface area contributed by atoms with Crippen molar-refractivity contribution in [2.75, 3.05) is 38.1 Å². The molecule has 9 heteroatoms. The van der Waals surface area contributed by atoms with Gasteiger partial charge in [0.2, 0.25) is 0 Å². The Morgan fingerprint density at radius 1 is 1.12 bits per heavy atom. The van der Waals surface area contributed by atoms with Crippen LogP contribution in [0.15, 0.2) is 39.9 Å². The molecule has 33 heavy (non-hydrogen) atoms. The third kappa shape index (κ3) is 4.16. The van der Waals surface area contributed by atoms with Crippen molar-refractivity contribution in [1.82, 2.24) is 24.8 Å². The molecule has 2 aromatic heterocycles. The number of amides is 1. The molecule has 1 saturated carbocycles. The van der Waals surface area contributed by atoms with Crippen LogP contribution in [0.5, 0.6) is 0 Å². The molecule has 0 bridgehead atoms. The number of hydrogen-bond donors (Lipinski definition) is 2. The zero-order chi connectivity index (χ0) is 23.1. The van der Waals surface area contributed by atoms with Gasteiger partial charge in [-0.1, -0.05) is 6.07 Å². The first-order valence-corrected chi connectivity index (χ1v) is 11.4. The Hall–Kier alpha value is -3.46. The first kappa shape index (κ1) is 21.4. The number of rotatable bonds is 5. The number of hydrogen-bond acceptors (Lipinski definition) is 6. The normalized spacial score (nSPS) is 16.8. The van der Waals surface area contributed by atoms with Gasteiger partial charge in [-0.05, 0) is 49.6 Å². The fourth-order valence-corrected chi connectivity index (χ4v) is 4.59. The molecule has 1 aromatic carbocycles. The fourth-order valence-electron chi connectivity index (χ4n) is 4.59. The lowest BCUT2D eigenvalue weighted by Gasteiger charge is -2.36. The second-order valence-electron chi connectivity index (χ2n) is 8.86. The summed E-state index contributed by atoms with van der Waals surface area (Å²) in [6.07, 6.45) is 1.79. The number of pyridine rings is 1. The number of aryl methyl sites for hydroxylation is 1. The smallest absolute Gasteiger partial charge is 0.329 e. The second-order valence-corrected chi connectivity index (χ2v) is 8.86. The highest BCUT2D eigenvalue weighted by Crippen LogP contribution is 2.32. The molecular formula is C24H28N6O3. The summed E-state index contributed by atoms with van der Waals surface area (Å²) in [5.74, 6) is -0.183. The van der Waals surface area contributed by atoms with Crippen molar-refractivity contribution >= 4 is 22.5 Å². The summed E-state index contributed by atoms with van der Waals surface area (Å²) in [5.41, 5.74) is 3.50. The van der Waals surface area contributed by atoms with Crippen LogP contribution in [-0.4, -0.2) is 58.6 Å². The molecule has 1 aliphatic carbocycles. The van der Waals surface area contributed by atoms with E-state index in [0.717, 1.165) is 62.5 Å². The summed E-state index contributed by atoms with van der Waals surface area (Å²) >= 11 is 0. The monoisotopic (exact) mass is 448 g/mol. The number of carbonyl (C=O) groups excluding carboxylic acids is 1. The van der Waals surface area contributed by atoms with E-state index in [0.29, 0.717) is 16.6 Å². The van der Waals surface area contributed by atoms with E-state index in [4.69, 9.17) is 0 Å². The van der Waals surface area contributed by atoms with Gasteiger partial charge in [0.1, 0.15) is 5.69 Å². The number of anilines is 1. The highest BCUT2D eigenvalue weighted by molar-refractivity contribution is 5.92. The van der Waals surface area contributed by atoms with Crippen LogP contribution in [0.25, 0.3) is 10.9 Å². The average molecular weight is 449 g/mol. The molecular weight excluding hydrogens is 420 g/mol. The Morgan fingerprint density at radius 3 is 2.55 bits per heavy atom. The van der Waals surface area contributed by atoms with E-state index >= 15 is 0 Å². The lowest BCUT2D eigenvalue weighted by molar-refractivity contribution is 0.0958. The van der Waals surface area contributed by atoms with Crippen LogP contribution in [0.2, 0.25) is 0 Å². The van der Waals surface area contributed by atoms with Crippen LogP contribution in [0.4, 0.5) is 5.69 Å². The number of carbonyl (C=O) groups is 1. The maximum atomic E-state index is 12.7. The van der Waals surface area contributed by atoms with Gasteiger partial charge in [-0.15, -0.1) is 0 Å². The lowest BCUT2D eigenvalue weighted by atomic mass is 10.1. The summed E-state index contributed by atoms with van der Waals surface area (Å²) in [6.45, 7) is 6.17. The summed E-state index contributed by atoms with van der Waals surface area (Å²) in [4.78, 5) is 48.9. The van der Waals surface area contributed by atoms with Gasteiger partial charge >= 0.3 is 5.69 Å². The van der Waals surface area contributed by atoms with Gasteiger partial charge in [0.25, 0.3) is 11.5 Å². The van der Waals surface area contributed by atoms with Crippen LogP contribution in [-0.2, 0) is 6.54 Å². The van der Waals surface area contributed by atoms with Crippen LogP contribution in [0.3, 0.4) is 0 Å². The first-order valence-electron chi connectivity index (χ1n) is 11.4. The van der Waals surface area contributed by atoms with Crippen molar-refractivity contribution in [3.63, 3.8) is 0 Å². The van der Waals surface area contributed by atoms with Gasteiger partial charge in [0.15, 0.2) is 0 Å². The van der Waals surface area contributed by atoms with Crippen molar-refractivity contribution in [1.29, 1.82) is 0 Å². The van der Waals surface area contributed by atoms with Crippen molar-refractivity contribution in [2.24, 2.45) is 0 Å². The van der Waals surface area contributed by atoms with E-state index in [9.17, 15) is 14.4 Å². The Morgan fingerprint density at radius 2 is 1.88 bits per heavy atom. The molecule has 1 saturated heterocycles. The number of H-pyrrole nitrogens is 1. The summed E-state index contributed by atoms with van der Waals surface area (Å²) < 4.78 is 1.36. The second kappa shape index (κ2) is 8.47. The van der Waals surface area contributed by atoms with E-state index < -0.39 is 0 Å². The molecule has 0 atom stereocenters. The molecule has 0 spiro atoms. The molecule has 2 fully saturated rings. The highest BCUT2D eigenvalue weighted by atomic mass is 16.2. The predicted molar refractivity (Wildman–Crippen MR) is 127 cm³/mol. The van der Waals surface area contributed by atoms with Crippen LogP contribution in [0, 0.1) is 6.92 Å². The number of aromatic nitrogens is 3. The minimum Gasteiger partial charge on any atom is -0.368 e. The van der Waals surface area contributed by atoms with Gasteiger partial charge in [0, 0.05) is 45.8 Å². The van der Waals surface area contributed by atoms with Crippen molar-refractivity contribution in [3.8, 4) is 0 Å². The Balaban J connectivity index is 1.27. The lowest BCUT2D eigenvalue weighted by Crippen LogP contribution is -2.46. The van der Waals surface area contributed by atoms with E-state index in [1.165, 1.54) is 4.57 Å². The number of fused-ring (bicyclic) bond motifs is 1. The number of nitrogens with zero attached hydrogens (tertiary/aromatic N) is 4. The topological polar surface area (TPSA) is 103 Å². The van der Waals surface area contributed by atoms with Gasteiger partial charge < -0.3 is 15.2 Å². The molecule has 3 heterocycles.